The Hall–Kier alpha value is -2.11. The van der Waals surface area contributed by atoms with E-state index in [1.54, 1.807) is 6.07 Å². The normalized spacial score (nSPS) is 12.0. The van der Waals surface area contributed by atoms with Gasteiger partial charge in [0.05, 0.1) is 9.95 Å². The number of benzene rings is 2. The van der Waals surface area contributed by atoms with Gasteiger partial charge >= 0.3 is 0 Å². The van der Waals surface area contributed by atoms with Crippen LogP contribution in [0.1, 0.15) is 24.1 Å². The number of nitrogens with two attached hydrogens (primary N) is 1. The van der Waals surface area contributed by atoms with E-state index in [1.165, 1.54) is 12.1 Å². The van der Waals surface area contributed by atoms with Crippen LogP contribution in [0.15, 0.2) is 42.5 Å². The van der Waals surface area contributed by atoms with Crippen LogP contribution in [0.25, 0.3) is 0 Å². The van der Waals surface area contributed by atoms with Crippen LogP contribution in [0.3, 0.4) is 0 Å². The minimum atomic E-state index is -0.483. The first-order chi connectivity index (χ1) is 9.97. The van der Waals surface area contributed by atoms with Gasteiger partial charge in [-0.15, -0.1) is 0 Å². The van der Waals surface area contributed by atoms with Gasteiger partial charge in [-0.2, -0.15) is 0 Å². The van der Waals surface area contributed by atoms with Gasteiger partial charge < -0.3 is 10.5 Å². The number of nitro groups is 1. The summed E-state index contributed by atoms with van der Waals surface area (Å²) in [5.41, 5.74) is 7.45. The Morgan fingerprint density at radius 2 is 1.95 bits per heavy atom. The number of nitro benzene ring substituents is 1. The Labute approximate surface area is 127 Å². The van der Waals surface area contributed by atoms with Crippen molar-refractivity contribution in [3.63, 3.8) is 0 Å². The molecule has 0 fully saturated rings. The van der Waals surface area contributed by atoms with Gasteiger partial charge in [-0.05, 0) is 30.7 Å². The van der Waals surface area contributed by atoms with E-state index in [0.29, 0.717) is 16.3 Å². The summed E-state index contributed by atoms with van der Waals surface area (Å²) in [7, 11) is 0. The maximum absolute atomic E-state index is 10.6. The molecule has 0 radical (unpaired) electrons. The summed E-state index contributed by atoms with van der Waals surface area (Å²) in [5.74, 6) is 0.689. The molecule has 0 amide bonds. The average Bonchev–Trinajstić information content (AvgIpc) is 2.46. The molecule has 2 aromatic carbocycles. The number of hydrogen-bond acceptors (Lipinski definition) is 4. The van der Waals surface area contributed by atoms with Crippen molar-refractivity contribution in [1.82, 2.24) is 0 Å². The summed E-state index contributed by atoms with van der Waals surface area (Å²) < 4.78 is 5.61. The van der Waals surface area contributed by atoms with Gasteiger partial charge in [0.2, 0.25) is 0 Å². The molecule has 0 aliphatic carbocycles. The van der Waals surface area contributed by atoms with E-state index in [1.807, 2.05) is 31.2 Å². The standard InChI is InChI=1S/C15H15ClN2O3/c1-10(17)11-3-6-14(7-4-11)21-9-12-2-5-13(18(19)20)8-15(12)16/h2-8,10H,9,17H2,1H3. The Bertz CT molecular complexity index is 642. The van der Waals surface area contributed by atoms with E-state index >= 15 is 0 Å². The molecule has 2 N–H and O–H groups in total. The molecule has 1 unspecified atom stereocenters. The molecular weight excluding hydrogens is 292 g/mol. The zero-order valence-electron chi connectivity index (χ0n) is 11.5. The third-order valence-corrected chi connectivity index (χ3v) is 3.40. The second-order valence-corrected chi connectivity index (χ2v) is 5.09. The molecule has 6 heteroatoms. The van der Waals surface area contributed by atoms with Crippen LogP contribution in [-0.2, 0) is 6.61 Å². The van der Waals surface area contributed by atoms with Crippen LogP contribution in [0.2, 0.25) is 5.02 Å². The number of hydrogen-bond donors (Lipinski definition) is 1. The predicted molar refractivity (Wildman–Crippen MR) is 81.5 cm³/mol. The second-order valence-electron chi connectivity index (χ2n) is 4.68. The van der Waals surface area contributed by atoms with E-state index in [0.717, 1.165) is 5.56 Å². The topological polar surface area (TPSA) is 78.4 Å². The van der Waals surface area contributed by atoms with Crippen molar-refractivity contribution in [2.45, 2.75) is 19.6 Å². The lowest BCUT2D eigenvalue weighted by atomic mass is 10.1. The highest BCUT2D eigenvalue weighted by atomic mass is 35.5. The van der Waals surface area contributed by atoms with E-state index in [2.05, 4.69) is 0 Å². The fourth-order valence-corrected chi connectivity index (χ4v) is 2.02. The molecule has 0 aliphatic rings. The predicted octanol–water partition coefficient (Wildman–Crippen LogP) is 3.85. The first-order valence-electron chi connectivity index (χ1n) is 6.38. The molecule has 0 aromatic heterocycles. The molecule has 0 bridgehead atoms. The van der Waals surface area contributed by atoms with Gasteiger partial charge in [0.25, 0.3) is 5.69 Å². The molecule has 0 heterocycles. The molecule has 2 aromatic rings. The Morgan fingerprint density at radius 1 is 1.29 bits per heavy atom. The fourth-order valence-electron chi connectivity index (χ4n) is 1.80. The maximum atomic E-state index is 10.6. The number of rotatable bonds is 5. The van der Waals surface area contributed by atoms with Gasteiger partial charge in [-0.25, -0.2) is 0 Å². The minimum Gasteiger partial charge on any atom is -0.489 e. The number of non-ortho nitro benzene ring substituents is 1. The maximum Gasteiger partial charge on any atom is 0.270 e. The Morgan fingerprint density at radius 3 is 2.48 bits per heavy atom. The highest BCUT2D eigenvalue weighted by Crippen LogP contribution is 2.24. The summed E-state index contributed by atoms with van der Waals surface area (Å²) in [4.78, 5) is 10.2. The zero-order valence-corrected chi connectivity index (χ0v) is 12.2. The van der Waals surface area contributed by atoms with Gasteiger partial charge in [-0.3, -0.25) is 10.1 Å². The summed E-state index contributed by atoms with van der Waals surface area (Å²) in [6, 6.07) is 11.8. The van der Waals surface area contributed by atoms with E-state index in [-0.39, 0.29) is 18.3 Å². The molecule has 110 valence electrons. The van der Waals surface area contributed by atoms with Crippen molar-refractivity contribution in [1.29, 1.82) is 0 Å². The molecule has 0 saturated heterocycles. The molecule has 0 saturated carbocycles. The van der Waals surface area contributed by atoms with Gasteiger partial charge in [0.1, 0.15) is 12.4 Å². The van der Waals surface area contributed by atoms with Crippen molar-refractivity contribution in [3.05, 3.63) is 68.7 Å². The number of nitrogens with zero attached hydrogens (tertiary/aromatic N) is 1. The molecule has 21 heavy (non-hydrogen) atoms. The average molecular weight is 307 g/mol. The van der Waals surface area contributed by atoms with Crippen LogP contribution in [0.5, 0.6) is 5.75 Å². The molecule has 1 atom stereocenters. The summed E-state index contributed by atoms with van der Waals surface area (Å²) in [5, 5.41) is 11.0. The first kappa shape index (κ1) is 15.3. The first-order valence-corrected chi connectivity index (χ1v) is 6.76. The summed E-state index contributed by atoms with van der Waals surface area (Å²) in [6.45, 7) is 2.15. The SMILES string of the molecule is CC(N)c1ccc(OCc2ccc([N+](=O)[O-])cc2Cl)cc1. The zero-order chi connectivity index (χ0) is 15.4. The van der Waals surface area contributed by atoms with Gasteiger partial charge in [0.15, 0.2) is 0 Å². The van der Waals surface area contributed by atoms with E-state index < -0.39 is 4.92 Å². The summed E-state index contributed by atoms with van der Waals surface area (Å²) in [6.07, 6.45) is 0. The van der Waals surface area contributed by atoms with Crippen molar-refractivity contribution < 1.29 is 9.66 Å². The molecule has 0 aliphatic heterocycles. The largest absolute Gasteiger partial charge is 0.489 e. The lowest BCUT2D eigenvalue weighted by Crippen LogP contribution is -2.04. The van der Waals surface area contributed by atoms with Crippen LogP contribution < -0.4 is 10.5 Å². The third-order valence-electron chi connectivity index (χ3n) is 3.05. The number of ether oxygens (including phenoxy) is 1. The quantitative estimate of drug-likeness (QED) is 0.672. The molecule has 0 spiro atoms. The van der Waals surface area contributed by atoms with Gasteiger partial charge in [-0.1, -0.05) is 23.7 Å². The van der Waals surface area contributed by atoms with Crippen LogP contribution in [0.4, 0.5) is 5.69 Å². The lowest BCUT2D eigenvalue weighted by molar-refractivity contribution is -0.384. The molecule has 5 nitrogen and oxygen atoms in total. The Balaban J connectivity index is 2.04. The van der Waals surface area contributed by atoms with Crippen molar-refractivity contribution in [2.24, 2.45) is 5.73 Å². The van der Waals surface area contributed by atoms with E-state index in [9.17, 15) is 10.1 Å². The second kappa shape index (κ2) is 6.56. The smallest absolute Gasteiger partial charge is 0.270 e. The minimum absolute atomic E-state index is 0.0248. The van der Waals surface area contributed by atoms with Crippen LogP contribution in [0, 0.1) is 10.1 Å². The Kier molecular flexibility index (Phi) is 4.77. The van der Waals surface area contributed by atoms with Gasteiger partial charge in [0, 0.05) is 23.7 Å². The molecular formula is C15H15ClN2O3. The lowest BCUT2D eigenvalue weighted by Gasteiger charge is -2.10. The third kappa shape index (κ3) is 3.93. The highest BCUT2D eigenvalue weighted by Gasteiger charge is 2.10. The monoisotopic (exact) mass is 306 g/mol. The van der Waals surface area contributed by atoms with Crippen molar-refractivity contribution in [3.8, 4) is 5.75 Å². The molecule has 2 rings (SSSR count). The van der Waals surface area contributed by atoms with Crippen LogP contribution >= 0.6 is 11.6 Å². The highest BCUT2D eigenvalue weighted by molar-refractivity contribution is 6.31. The van der Waals surface area contributed by atoms with E-state index in [4.69, 9.17) is 22.1 Å². The summed E-state index contributed by atoms with van der Waals surface area (Å²) >= 11 is 6.01. The van der Waals surface area contributed by atoms with Crippen molar-refractivity contribution in [2.75, 3.05) is 0 Å². The van der Waals surface area contributed by atoms with Crippen LogP contribution in [-0.4, -0.2) is 4.92 Å². The number of halogens is 1. The van der Waals surface area contributed by atoms with Crippen molar-refractivity contribution >= 4 is 17.3 Å². The fraction of sp³-hybridized carbons (Fsp3) is 0.200.